The van der Waals surface area contributed by atoms with E-state index in [0.717, 1.165) is 12.8 Å². The molecule has 0 heterocycles. The lowest BCUT2D eigenvalue weighted by molar-refractivity contribution is -0.385. The van der Waals surface area contributed by atoms with Crippen LogP contribution in [-0.2, 0) is 11.2 Å². The van der Waals surface area contributed by atoms with Crippen molar-refractivity contribution in [3.05, 3.63) is 39.4 Å². The van der Waals surface area contributed by atoms with Gasteiger partial charge in [0.1, 0.15) is 5.54 Å². The number of carbonyl (C=O) groups is 2. The van der Waals surface area contributed by atoms with Gasteiger partial charge in [-0.3, -0.25) is 19.7 Å². The summed E-state index contributed by atoms with van der Waals surface area (Å²) in [5.74, 6) is -1.07. The molecule has 2 amide bonds. The maximum absolute atomic E-state index is 12.3. The Labute approximate surface area is 128 Å². The Morgan fingerprint density at radius 2 is 2.00 bits per heavy atom. The molecular formula is C15H19N3O4. The fourth-order valence-corrected chi connectivity index (χ4v) is 2.88. The first-order chi connectivity index (χ1) is 10.4. The minimum absolute atomic E-state index is 0.0882. The summed E-state index contributed by atoms with van der Waals surface area (Å²) < 4.78 is 0. The van der Waals surface area contributed by atoms with E-state index in [0.29, 0.717) is 24.8 Å². The number of nitrogens with zero attached hydrogens (tertiary/aromatic N) is 1. The van der Waals surface area contributed by atoms with Gasteiger partial charge in [-0.25, -0.2) is 0 Å². The summed E-state index contributed by atoms with van der Waals surface area (Å²) in [5, 5.41) is 13.7. The molecule has 1 aliphatic rings. The first kappa shape index (κ1) is 15.9. The van der Waals surface area contributed by atoms with Gasteiger partial charge in [0.05, 0.1) is 4.92 Å². The summed E-state index contributed by atoms with van der Waals surface area (Å²) in [6, 6.07) is 4.35. The lowest BCUT2D eigenvalue weighted by Crippen LogP contribution is -2.55. The highest BCUT2D eigenvalue weighted by Crippen LogP contribution is 2.30. The molecule has 0 aliphatic heterocycles. The van der Waals surface area contributed by atoms with E-state index < -0.39 is 22.3 Å². The molecule has 7 heteroatoms. The van der Waals surface area contributed by atoms with E-state index >= 15 is 0 Å². The Balaban J connectivity index is 2.28. The van der Waals surface area contributed by atoms with Crippen LogP contribution >= 0.6 is 0 Å². The number of primary amides is 1. The Hall–Kier alpha value is -2.44. The summed E-state index contributed by atoms with van der Waals surface area (Å²) >= 11 is 0. The lowest BCUT2D eigenvalue weighted by Gasteiger charge is -2.26. The van der Waals surface area contributed by atoms with Gasteiger partial charge in [0.2, 0.25) is 5.91 Å². The number of hydrogen-bond acceptors (Lipinski definition) is 4. The molecule has 1 aliphatic carbocycles. The highest BCUT2D eigenvalue weighted by atomic mass is 16.6. The van der Waals surface area contributed by atoms with Crippen LogP contribution in [0.5, 0.6) is 0 Å². The third-order valence-corrected chi connectivity index (χ3v) is 4.21. The van der Waals surface area contributed by atoms with Gasteiger partial charge in [0.15, 0.2) is 0 Å². The third-order valence-electron chi connectivity index (χ3n) is 4.21. The predicted octanol–water partition coefficient (Wildman–Crippen LogP) is 1.69. The molecule has 1 fully saturated rings. The second-order valence-corrected chi connectivity index (χ2v) is 5.56. The van der Waals surface area contributed by atoms with E-state index in [2.05, 4.69) is 5.32 Å². The second kappa shape index (κ2) is 6.13. The van der Waals surface area contributed by atoms with Crippen molar-refractivity contribution in [2.75, 3.05) is 0 Å². The fourth-order valence-electron chi connectivity index (χ4n) is 2.88. The van der Waals surface area contributed by atoms with Gasteiger partial charge in [-0.2, -0.15) is 0 Å². The summed E-state index contributed by atoms with van der Waals surface area (Å²) in [6.07, 6.45) is 3.14. The molecule has 0 aromatic heterocycles. The largest absolute Gasteiger partial charge is 0.368 e. The van der Waals surface area contributed by atoms with E-state index in [4.69, 9.17) is 5.73 Å². The summed E-state index contributed by atoms with van der Waals surface area (Å²) in [6.45, 7) is 1.81. The topological polar surface area (TPSA) is 115 Å². The minimum Gasteiger partial charge on any atom is -0.368 e. The molecule has 0 radical (unpaired) electrons. The molecule has 3 N–H and O–H groups in total. The molecule has 0 unspecified atom stereocenters. The highest BCUT2D eigenvalue weighted by molar-refractivity contribution is 5.99. The summed E-state index contributed by atoms with van der Waals surface area (Å²) in [7, 11) is 0. The number of amides is 2. The quantitative estimate of drug-likeness (QED) is 0.636. The van der Waals surface area contributed by atoms with E-state index in [-0.39, 0.29) is 11.3 Å². The van der Waals surface area contributed by atoms with Crippen molar-refractivity contribution in [3.8, 4) is 0 Å². The van der Waals surface area contributed by atoms with Crippen molar-refractivity contribution < 1.29 is 14.5 Å². The van der Waals surface area contributed by atoms with E-state index in [1.807, 2.05) is 6.92 Å². The number of rotatable bonds is 5. The maximum atomic E-state index is 12.3. The number of carbonyl (C=O) groups excluding carboxylic acids is 2. The summed E-state index contributed by atoms with van der Waals surface area (Å²) in [4.78, 5) is 34.6. The van der Waals surface area contributed by atoms with Gasteiger partial charge in [-0.1, -0.05) is 25.8 Å². The van der Waals surface area contributed by atoms with Crippen LogP contribution in [0.25, 0.3) is 0 Å². The monoisotopic (exact) mass is 305 g/mol. The average Bonchev–Trinajstić information content (AvgIpc) is 2.96. The molecule has 0 spiro atoms. The van der Waals surface area contributed by atoms with Gasteiger partial charge in [-0.15, -0.1) is 0 Å². The zero-order chi connectivity index (χ0) is 16.3. The molecule has 22 heavy (non-hydrogen) atoms. The molecule has 0 bridgehead atoms. The van der Waals surface area contributed by atoms with Crippen molar-refractivity contribution in [2.24, 2.45) is 5.73 Å². The normalized spacial score (nSPS) is 16.2. The van der Waals surface area contributed by atoms with E-state index in [9.17, 15) is 19.7 Å². The van der Waals surface area contributed by atoms with Gasteiger partial charge in [-0.05, 0) is 25.3 Å². The van der Waals surface area contributed by atoms with Crippen molar-refractivity contribution in [1.82, 2.24) is 5.32 Å². The molecule has 7 nitrogen and oxygen atoms in total. The number of benzene rings is 1. The zero-order valence-corrected chi connectivity index (χ0v) is 12.4. The molecule has 1 saturated carbocycles. The Morgan fingerprint density at radius 1 is 1.36 bits per heavy atom. The molecule has 1 aromatic carbocycles. The number of nitro groups is 1. The van der Waals surface area contributed by atoms with Crippen LogP contribution < -0.4 is 11.1 Å². The van der Waals surface area contributed by atoms with Gasteiger partial charge in [0.25, 0.3) is 11.6 Å². The molecule has 0 atom stereocenters. The van der Waals surface area contributed by atoms with E-state index in [1.165, 1.54) is 12.1 Å². The SMILES string of the molecule is CCc1ccc(C(=O)NC2(C(N)=O)CCCC2)cc1[N+](=O)[O-]. The fraction of sp³-hybridized carbons (Fsp3) is 0.467. The molecule has 118 valence electrons. The number of nitrogens with one attached hydrogen (secondary N) is 1. The first-order valence-corrected chi connectivity index (χ1v) is 7.29. The average molecular weight is 305 g/mol. The van der Waals surface area contributed by atoms with Crippen molar-refractivity contribution >= 4 is 17.5 Å². The van der Waals surface area contributed by atoms with Crippen LogP contribution in [0.2, 0.25) is 0 Å². The van der Waals surface area contributed by atoms with Crippen LogP contribution in [0.1, 0.15) is 48.5 Å². The third kappa shape index (κ3) is 2.93. The Kier molecular flexibility index (Phi) is 4.44. The smallest absolute Gasteiger partial charge is 0.273 e. The van der Waals surface area contributed by atoms with Gasteiger partial charge in [0, 0.05) is 17.2 Å². The standard InChI is InChI=1S/C15H19N3O4/c1-2-10-5-6-11(9-12(10)18(21)22)13(19)17-15(14(16)20)7-3-4-8-15/h5-6,9H,2-4,7-8H2,1H3,(H2,16,20)(H,17,19). The Morgan fingerprint density at radius 3 is 2.50 bits per heavy atom. The Bertz CT molecular complexity index is 621. The van der Waals surface area contributed by atoms with Crippen LogP contribution in [-0.4, -0.2) is 22.3 Å². The van der Waals surface area contributed by atoms with Crippen LogP contribution in [0.4, 0.5) is 5.69 Å². The second-order valence-electron chi connectivity index (χ2n) is 5.56. The van der Waals surface area contributed by atoms with Crippen LogP contribution in [0.15, 0.2) is 18.2 Å². The molecule has 0 saturated heterocycles. The predicted molar refractivity (Wildman–Crippen MR) is 80.3 cm³/mol. The molecular weight excluding hydrogens is 286 g/mol. The van der Waals surface area contributed by atoms with Crippen molar-refractivity contribution in [1.29, 1.82) is 0 Å². The number of nitro benzene ring substituents is 1. The first-order valence-electron chi connectivity index (χ1n) is 7.29. The maximum Gasteiger partial charge on any atom is 0.273 e. The zero-order valence-electron chi connectivity index (χ0n) is 12.4. The number of nitrogens with two attached hydrogens (primary N) is 1. The lowest BCUT2D eigenvalue weighted by atomic mass is 9.96. The summed E-state index contributed by atoms with van der Waals surface area (Å²) in [5.41, 5.74) is 5.03. The van der Waals surface area contributed by atoms with E-state index in [1.54, 1.807) is 6.07 Å². The number of hydrogen-bond donors (Lipinski definition) is 2. The van der Waals surface area contributed by atoms with Crippen molar-refractivity contribution in [2.45, 2.75) is 44.6 Å². The van der Waals surface area contributed by atoms with Gasteiger partial charge >= 0.3 is 0 Å². The van der Waals surface area contributed by atoms with Gasteiger partial charge < -0.3 is 11.1 Å². The molecule has 2 rings (SSSR count). The molecule has 1 aromatic rings. The minimum atomic E-state index is -1.03. The highest BCUT2D eigenvalue weighted by Gasteiger charge is 2.41. The number of aryl methyl sites for hydroxylation is 1. The van der Waals surface area contributed by atoms with Crippen LogP contribution in [0, 0.1) is 10.1 Å². The van der Waals surface area contributed by atoms with Crippen molar-refractivity contribution in [3.63, 3.8) is 0 Å². The van der Waals surface area contributed by atoms with Crippen LogP contribution in [0.3, 0.4) is 0 Å².